The molecule has 3 rings (SSSR count). The van der Waals surface area contributed by atoms with E-state index >= 15 is 0 Å². The molecule has 0 spiro atoms. The average Bonchev–Trinajstić information content (AvgIpc) is 2.82. The molecular weight excluding hydrogens is 357 g/mol. The van der Waals surface area contributed by atoms with Crippen LogP contribution in [0.25, 0.3) is 0 Å². The second-order valence-corrected chi connectivity index (χ2v) is 7.52. The number of amides is 4. The lowest BCUT2D eigenvalue weighted by Gasteiger charge is -2.29. The number of carbonyl (C=O) groups is 4. The Hall–Kier alpha value is -2.97. The summed E-state index contributed by atoms with van der Waals surface area (Å²) in [4.78, 5) is 49.1. The number of hydrogen-bond donors (Lipinski definition) is 2. The zero-order valence-corrected chi connectivity index (χ0v) is 15.2. The number of benzene rings is 1. The van der Waals surface area contributed by atoms with Crippen LogP contribution in [0.5, 0.6) is 0 Å². The molecule has 9 heteroatoms. The summed E-state index contributed by atoms with van der Waals surface area (Å²) in [7, 11) is 0. The molecule has 1 aromatic rings. The van der Waals surface area contributed by atoms with Crippen molar-refractivity contribution < 1.29 is 28.3 Å². The summed E-state index contributed by atoms with van der Waals surface area (Å²) >= 11 is 0. The van der Waals surface area contributed by atoms with Crippen LogP contribution in [-0.4, -0.2) is 40.4 Å². The summed E-state index contributed by atoms with van der Waals surface area (Å²) in [5, 5.41) is 4.54. The van der Waals surface area contributed by atoms with Gasteiger partial charge in [0, 0.05) is 18.5 Å². The SMILES string of the molecule is CC(C)(C)OC(=O)Nc1cc2c(cc1F)C(=O)N(C1CCC(=O)NC1=O)C2. The minimum absolute atomic E-state index is 0.0870. The van der Waals surface area contributed by atoms with Crippen molar-refractivity contribution in [1.82, 2.24) is 10.2 Å². The molecule has 1 fully saturated rings. The zero-order valence-electron chi connectivity index (χ0n) is 15.2. The topological polar surface area (TPSA) is 105 Å². The highest BCUT2D eigenvalue weighted by atomic mass is 19.1. The Balaban J connectivity index is 1.79. The highest BCUT2D eigenvalue weighted by molar-refractivity contribution is 6.05. The Morgan fingerprint density at radius 3 is 2.63 bits per heavy atom. The standard InChI is InChI=1S/C18H20FN3O5/c1-18(2,3)27-17(26)20-12-6-9-8-22(16(25)10(9)7-11(12)19)13-4-5-14(23)21-15(13)24/h6-7,13H,4-5,8H2,1-3H3,(H,20,26)(H,21,23,24). The van der Waals surface area contributed by atoms with Crippen molar-refractivity contribution in [2.75, 3.05) is 5.32 Å². The first-order valence-electron chi connectivity index (χ1n) is 8.52. The third-order valence-corrected chi connectivity index (χ3v) is 4.25. The summed E-state index contributed by atoms with van der Waals surface area (Å²) in [6.45, 7) is 5.14. The van der Waals surface area contributed by atoms with Crippen LogP contribution in [0.3, 0.4) is 0 Å². The quantitative estimate of drug-likeness (QED) is 0.767. The number of nitrogens with zero attached hydrogens (tertiary/aromatic N) is 1. The molecule has 2 aliphatic heterocycles. The summed E-state index contributed by atoms with van der Waals surface area (Å²) in [6.07, 6.45) is -0.459. The summed E-state index contributed by atoms with van der Waals surface area (Å²) in [6, 6.07) is 1.61. The van der Waals surface area contributed by atoms with Gasteiger partial charge in [0.05, 0.1) is 5.69 Å². The minimum Gasteiger partial charge on any atom is -0.444 e. The average molecular weight is 377 g/mol. The first kappa shape index (κ1) is 18.8. The maximum atomic E-state index is 14.3. The van der Waals surface area contributed by atoms with Gasteiger partial charge < -0.3 is 9.64 Å². The number of imide groups is 1. The van der Waals surface area contributed by atoms with E-state index in [0.717, 1.165) is 6.07 Å². The van der Waals surface area contributed by atoms with Gasteiger partial charge in [-0.25, -0.2) is 9.18 Å². The van der Waals surface area contributed by atoms with Gasteiger partial charge in [0.2, 0.25) is 11.8 Å². The van der Waals surface area contributed by atoms with E-state index in [1.807, 2.05) is 0 Å². The van der Waals surface area contributed by atoms with Crippen LogP contribution in [0.1, 0.15) is 49.5 Å². The van der Waals surface area contributed by atoms with E-state index in [-0.39, 0.29) is 36.5 Å². The molecule has 1 unspecified atom stereocenters. The largest absolute Gasteiger partial charge is 0.444 e. The van der Waals surface area contributed by atoms with Gasteiger partial charge in [0.25, 0.3) is 5.91 Å². The molecule has 1 atom stereocenters. The lowest BCUT2D eigenvalue weighted by atomic mass is 10.0. The molecule has 0 aliphatic carbocycles. The van der Waals surface area contributed by atoms with Crippen LogP contribution >= 0.6 is 0 Å². The molecule has 0 saturated carbocycles. The third-order valence-electron chi connectivity index (χ3n) is 4.25. The fourth-order valence-corrected chi connectivity index (χ4v) is 3.10. The van der Waals surface area contributed by atoms with Crippen molar-refractivity contribution in [1.29, 1.82) is 0 Å². The Labute approximate surface area is 155 Å². The van der Waals surface area contributed by atoms with Crippen LogP contribution in [0.4, 0.5) is 14.9 Å². The Kier molecular flexibility index (Phi) is 4.63. The highest BCUT2D eigenvalue weighted by Crippen LogP contribution is 2.31. The molecule has 2 heterocycles. The van der Waals surface area contributed by atoms with Crippen LogP contribution in [-0.2, 0) is 20.9 Å². The molecule has 1 aromatic carbocycles. The molecule has 2 aliphatic rings. The predicted molar refractivity (Wildman–Crippen MR) is 92.3 cm³/mol. The Bertz CT molecular complexity index is 846. The lowest BCUT2D eigenvalue weighted by molar-refractivity contribution is -0.136. The normalized spacial score (nSPS) is 19.6. The smallest absolute Gasteiger partial charge is 0.412 e. The van der Waals surface area contributed by atoms with Crippen molar-refractivity contribution in [3.8, 4) is 0 Å². The van der Waals surface area contributed by atoms with Crippen molar-refractivity contribution in [2.45, 2.75) is 51.8 Å². The number of hydrogen-bond acceptors (Lipinski definition) is 5. The number of carbonyl (C=O) groups excluding carboxylic acids is 4. The van der Waals surface area contributed by atoms with E-state index in [2.05, 4.69) is 10.6 Å². The Morgan fingerprint density at radius 1 is 1.30 bits per heavy atom. The number of halogens is 1. The number of fused-ring (bicyclic) bond motifs is 1. The minimum atomic E-state index is -0.812. The maximum absolute atomic E-state index is 14.3. The molecule has 0 bridgehead atoms. The molecule has 1 saturated heterocycles. The van der Waals surface area contributed by atoms with Crippen LogP contribution < -0.4 is 10.6 Å². The molecular formula is C18H20FN3O5. The van der Waals surface area contributed by atoms with E-state index < -0.39 is 35.4 Å². The molecule has 8 nitrogen and oxygen atoms in total. The van der Waals surface area contributed by atoms with Crippen molar-refractivity contribution >= 4 is 29.5 Å². The first-order chi connectivity index (χ1) is 12.5. The van der Waals surface area contributed by atoms with Crippen LogP contribution in [0.2, 0.25) is 0 Å². The number of nitrogens with one attached hydrogen (secondary N) is 2. The molecule has 2 N–H and O–H groups in total. The van der Waals surface area contributed by atoms with Gasteiger partial charge in [0.1, 0.15) is 17.5 Å². The van der Waals surface area contributed by atoms with E-state index in [0.29, 0.717) is 5.56 Å². The molecule has 27 heavy (non-hydrogen) atoms. The summed E-state index contributed by atoms with van der Waals surface area (Å²) < 4.78 is 19.4. The predicted octanol–water partition coefficient (Wildman–Crippen LogP) is 1.93. The molecule has 0 radical (unpaired) electrons. The van der Waals surface area contributed by atoms with Crippen molar-refractivity contribution in [3.05, 3.63) is 29.1 Å². The van der Waals surface area contributed by atoms with E-state index in [1.165, 1.54) is 11.0 Å². The van der Waals surface area contributed by atoms with Crippen molar-refractivity contribution in [3.63, 3.8) is 0 Å². The Morgan fingerprint density at radius 2 is 2.00 bits per heavy atom. The van der Waals surface area contributed by atoms with Gasteiger partial charge in [0.15, 0.2) is 0 Å². The monoisotopic (exact) mass is 377 g/mol. The first-order valence-corrected chi connectivity index (χ1v) is 8.52. The van der Waals surface area contributed by atoms with E-state index in [9.17, 15) is 23.6 Å². The van der Waals surface area contributed by atoms with E-state index in [4.69, 9.17) is 4.74 Å². The molecule has 144 valence electrons. The van der Waals surface area contributed by atoms with Gasteiger partial charge >= 0.3 is 6.09 Å². The summed E-state index contributed by atoms with van der Waals surface area (Å²) in [5.74, 6) is -2.18. The second-order valence-electron chi connectivity index (χ2n) is 7.52. The van der Waals surface area contributed by atoms with Gasteiger partial charge in [-0.05, 0) is 44.9 Å². The fourth-order valence-electron chi connectivity index (χ4n) is 3.10. The molecule has 4 amide bonds. The number of piperidine rings is 1. The number of anilines is 1. The summed E-state index contributed by atoms with van der Waals surface area (Å²) in [5.41, 5.74) is -0.236. The van der Waals surface area contributed by atoms with Gasteiger partial charge in [-0.2, -0.15) is 0 Å². The number of rotatable bonds is 2. The van der Waals surface area contributed by atoms with Gasteiger partial charge in [-0.1, -0.05) is 0 Å². The fraction of sp³-hybridized carbons (Fsp3) is 0.444. The second kappa shape index (κ2) is 6.64. The van der Waals surface area contributed by atoms with Crippen LogP contribution in [0, 0.1) is 5.82 Å². The zero-order chi connectivity index (χ0) is 19.9. The van der Waals surface area contributed by atoms with Crippen LogP contribution in [0.15, 0.2) is 12.1 Å². The molecule has 0 aromatic heterocycles. The van der Waals surface area contributed by atoms with E-state index in [1.54, 1.807) is 20.8 Å². The number of ether oxygens (including phenoxy) is 1. The maximum Gasteiger partial charge on any atom is 0.412 e. The highest BCUT2D eigenvalue weighted by Gasteiger charge is 2.39. The van der Waals surface area contributed by atoms with Gasteiger partial charge in [-0.3, -0.25) is 25.0 Å². The van der Waals surface area contributed by atoms with Gasteiger partial charge in [-0.15, -0.1) is 0 Å². The van der Waals surface area contributed by atoms with Crippen molar-refractivity contribution in [2.24, 2.45) is 0 Å². The lowest BCUT2D eigenvalue weighted by Crippen LogP contribution is -2.52. The third kappa shape index (κ3) is 3.91.